The minimum atomic E-state index is -3.05. The van der Waals surface area contributed by atoms with Gasteiger partial charge in [0.2, 0.25) is 0 Å². The number of para-hydroxylation sites is 1. The Bertz CT molecular complexity index is 1160. The lowest BCUT2D eigenvalue weighted by atomic mass is 9.87. The summed E-state index contributed by atoms with van der Waals surface area (Å²) in [5.74, 6) is 0.588. The van der Waals surface area contributed by atoms with Gasteiger partial charge < -0.3 is 10.3 Å². The molecule has 1 aliphatic rings. The Hall–Kier alpha value is -2.60. The second-order valence-electron chi connectivity index (χ2n) is 8.23. The van der Waals surface area contributed by atoms with Crippen molar-refractivity contribution in [3.8, 4) is 0 Å². The van der Waals surface area contributed by atoms with Crippen molar-refractivity contribution in [2.24, 2.45) is 5.92 Å². The molecule has 2 aromatic carbocycles. The van der Waals surface area contributed by atoms with E-state index in [9.17, 15) is 13.2 Å². The Balaban J connectivity index is 1.50. The number of hydrogen-bond acceptors (Lipinski definition) is 3. The van der Waals surface area contributed by atoms with E-state index in [0.717, 1.165) is 34.9 Å². The molecule has 1 aliphatic carbocycles. The number of fused-ring (bicyclic) bond motifs is 3. The minimum Gasteiger partial charge on any atom is -0.358 e. The Morgan fingerprint density at radius 3 is 2.59 bits per heavy atom. The summed E-state index contributed by atoms with van der Waals surface area (Å²) in [5.41, 5.74) is 5.89. The molecule has 1 aromatic heterocycles. The van der Waals surface area contributed by atoms with Crippen molar-refractivity contribution < 1.29 is 13.2 Å². The number of amides is 1. The van der Waals surface area contributed by atoms with Crippen LogP contribution >= 0.6 is 0 Å². The highest BCUT2D eigenvalue weighted by molar-refractivity contribution is 7.89. The first-order chi connectivity index (χ1) is 13.8. The van der Waals surface area contributed by atoms with Gasteiger partial charge in [-0.2, -0.15) is 0 Å². The van der Waals surface area contributed by atoms with E-state index in [0.29, 0.717) is 18.0 Å². The average molecular weight is 411 g/mol. The maximum Gasteiger partial charge on any atom is 0.253 e. The molecule has 5 nitrogen and oxygen atoms in total. The molecule has 1 heterocycles. The van der Waals surface area contributed by atoms with E-state index in [2.05, 4.69) is 23.3 Å². The molecule has 0 bridgehead atoms. The Morgan fingerprint density at radius 2 is 1.86 bits per heavy atom. The van der Waals surface area contributed by atoms with E-state index < -0.39 is 9.84 Å². The van der Waals surface area contributed by atoms with Crippen LogP contribution in [0.15, 0.2) is 42.5 Å². The summed E-state index contributed by atoms with van der Waals surface area (Å²) in [5, 5.41) is 4.14. The van der Waals surface area contributed by atoms with Crippen LogP contribution in [-0.4, -0.2) is 25.6 Å². The molecular formula is C23H26N2O3S. The number of benzene rings is 2. The normalized spacial score (nSPS) is 16.6. The van der Waals surface area contributed by atoms with Crippen molar-refractivity contribution in [2.45, 2.75) is 38.5 Å². The molecule has 1 amide bonds. The number of aromatic amines is 1. The molecule has 0 saturated carbocycles. The quantitative estimate of drug-likeness (QED) is 0.672. The van der Waals surface area contributed by atoms with Crippen LogP contribution < -0.4 is 5.32 Å². The standard InChI is InChI=1S/C23H26N2O3S/c1-15-6-11-21-20(12-15)18-4-3-5-19(22(18)25-21)23(26)24-13-16-7-9-17(10-8-16)14-29(2,27)28/h3-5,7-10,15,25H,6,11-14H2,1-2H3,(H,24,26). The van der Waals surface area contributed by atoms with Crippen LogP contribution in [0.1, 0.15) is 46.1 Å². The number of rotatable bonds is 5. The first-order valence-electron chi connectivity index (χ1n) is 9.96. The topological polar surface area (TPSA) is 79.0 Å². The van der Waals surface area contributed by atoms with Gasteiger partial charge in [0.1, 0.15) is 0 Å². The fourth-order valence-electron chi connectivity index (χ4n) is 4.14. The van der Waals surface area contributed by atoms with Gasteiger partial charge in [0.15, 0.2) is 9.84 Å². The van der Waals surface area contributed by atoms with Crippen molar-refractivity contribution >= 4 is 26.6 Å². The van der Waals surface area contributed by atoms with Crippen LogP contribution in [0.25, 0.3) is 10.9 Å². The van der Waals surface area contributed by atoms with E-state index >= 15 is 0 Å². The van der Waals surface area contributed by atoms with Gasteiger partial charge in [-0.1, -0.05) is 43.3 Å². The Kier molecular flexibility index (Phi) is 5.21. The number of H-pyrrole nitrogens is 1. The molecule has 29 heavy (non-hydrogen) atoms. The third-order valence-corrected chi connectivity index (χ3v) is 6.48. The second kappa shape index (κ2) is 7.67. The molecule has 0 radical (unpaired) electrons. The fourth-order valence-corrected chi connectivity index (χ4v) is 4.94. The third kappa shape index (κ3) is 4.37. The van der Waals surface area contributed by atoms with E-state index in [1.54, 1.807) is 12.1 Å². The van der Waals surface area contributed by atoms with Gasteiger partial charge in [0.05, 0.1) is 16.8 Å². The predicted molar refractivity (Wildman–Crippen MR) is 116 cm³/mol. The number of sulfone groups is 1. The zero-order valence-corrected chi connectivity index (χ0v) is 17.6. The van der Waals surface area contributed by atoms with E-state index in [1.807, 2.05) is 24.3 Å². The average Bonchev–Trinajstić information content (AvgIpc) is 3.04. The third-order valence-electron chi connectivity index (χ3n) is 5.62. The molecule has 6 heteroatoms. The predicted octanol–water partition coefficient (Wildman–Crippen LogP) is 3.77. The second-order valence-corrected chi connectivity index (χ2v) is 10.4. The van der Waals surface area contributed by atoms with Crippen LogP contribution in [0.5, 0.6) is 0 Å². The smallest absolute Gasteiger partial charge is 0.253 e. The van der Waals surface area contributed by atoms with Gasteiger partial charge in [-0.05, 0) is 47.9 Å². The lowest BCUT2D eigenvalue weighted by Crippen LogP contribution is -2.23. The van der Waals surface area contributed by atoms with Gasteiger partial charge in [0.25, 0.3) is 5.91 Å². The highest BCUT2D eigenvalue weighted by atomic mass is 32.2. The molecule has 2 N–H and O–H groups in total. The summed E-state index contributed by atoms with van der Waals surface area (Å²) in [7, 11) is -3.05. The first-order valence-corrected chi connectivity index (χ1v) is 12.0. The van der Waals surface area contributed by atoms with Crippen molar-refractivity contribution in [1.82, 2.24) is 10.3 Å². The van der Waals surface area contributed by atoms with Crippen molar-refractivity contribution in [2.75, 3.05) is 6.26 Å². The zero-order chi connectivity index (χ0) is 20.6. The minimum absolute atomic E-state index is 0.0255. The number of aryl methyl sites for hydroxylation is 1. The molecule has 0 spiro atoms. The molecule has 0 fully saturated rings. The maximum atomic E-state index is 12.9. The summed E-state index contributed by atoms with van der Waals surface area (Å²) < 4.78 is 22.8. The fraction of sp³-hybridized carbons (Fsp3) is 0.348. The highest BCUT2D eigenvalue weighted by Gasteiger charge is 2.22. The molecule has 0 saturated heterocycles. The van der Waals surface area contributed by atoms with Crippen LogP contribution in [0, 0.1) is 5.92 Å². The molecule has 1 atom stereocenters. The highest BCUT2D eigenvalue weighted by Crippen LogP contribution is 2.32. The largest absolute Gasteiger partial charge is 0.358 e. The summed E-state index contributed by atoms with van der Waals surface area (Å²) in [4.78, 5) is 16.3. The molecule has 3 aromatic rings. The Labute approximate surface area is 171 Å². The number of carbonyl (C=O) groups excluding carboxylic acids is 1. The monoisotopic (exact) mass is 410 g/mol. The molecule has 0 aliphatic heterocycles. The number of nitrogens with one attached hydrogen (secondary N) is 2. The van der Waals surface area contributed by atoms with Crippen LogP contribution in [0.2, 0.25) is 0 Å². The van der Waals surface area contributed by atoms with Gasteiger partial charge in [-0.25, -0.2) is 8.42 Å². The molecule has 1 unspecified atom stereocenters. The number of aromatic nitrogens is 1. The summed E-state index contributed by atoms with van der Waals surface area (Å²) in [6, 6.07) is 13.2. The molecular weight excluding hydrogens is 384 g/mol. The number of hydrogen-bond donors (Lipinski definition) is 2. The molecule has 152 valence electrons. The maximum absolute atomic E-state index is 12.9. The summed E-state index contributed by atoms with van der Waals surface area (Å²) in [6.45, 7) is 2.67. The zero-order valence-electron chi connectivity index (χ0n) is 16.8. The molecule has 4 rings (SSSR count). The van der Waals surface area contributed by atoms with E-state index in [1.165, 1.54) is 23.9 Å². The van der Waals surface area contributed by atoms with Crippen LogP contribution in [0.4, 0.5) is 0 Å². The van der Waals surface area contributed by atoms with Crippen molar-refractivity contribution in [1.29, 1.82) is 0 Å². The van der Waals surface area contributed by atoms with Crippen molar-refractivity contribution in [3.05, 3.63) is 70.4 Å². The van der Waals surface area contributed by atoms with Gasteiger partial charge in [0, 0.05) is 23.9 Å². The van der Waals surface area contributed by atoms with Gasteiger partial charge in [-0.15, -0.1) is 0 Å². The van der Waals surface area contributed by atoms with Gasteiger partial charge >= 0.3 is 0 Å². The lowest BCUT2D eigenvalue weighted by molar-refractivity contribution is 0.0952. The van der Waals surface area contributed by atoms with Crippen LogP contribution in [-0.2, 0) is 35.0 Å². The summed E-state index contributed by atoms with van der Waals surface area (Å²) in [6.07, 6.45) is 4.49. The van der Waals surface area contributed by atoms with E-state index in [-0.39, 0.29) is 11.7 Å². The van der Waals surface area contributed by atoms with Crippen molar-refractivity contribution in [3.63, 3.8) is 0 Å². The van der Waals surface area contributed by atoms with Gasteiger partial charge in [-0.3, -0.25) is 4.79 Å². The Morgan fingerprint density at radius 1 is 1.14 bits per heavy atom. The lowest BCUT2D eigenvalue weighted by Gasteiger charge is -2.17. The number of carbonyl (C=O) groups is 1. The SMILES string of the molecule is CC1CCc2[nH]c3c(C(=O)NCc4ccc(CS(C)(=O)=O)cc4)cccc3c2C1. The summed E-state index contributed by atoms with van der Waals surface area (Å²) >= 11 is 0. The van der Waals surface area contributed by atoms with E-state index in [4.69, 9.17) is 0 Å². The van der Waals surface area contributed by atoms with Crippen LogP contribution in [0.3, 0.4) is 0 Å². The first kappa shape index (κ1) is 19.7.